The molecule has 1 saturated heterocycles. The molecule has 0 radical (unpaired) electrons. The van der Waals surface area contributed by atoms with E-state index in [1.807, 2.05) is 31.2 Å². The number of benzene rings is 1. The molecule has 1 aromatic carbocycles. The topological polar surface area (TPSA) is 63.2 Å². The van der Waals surface area contributed by atoms with Crippen molar-refractivity contribution >= 4 is 47.5 Å². The Hall–Kier alpha value is -1.06. The van der Waals surface area contributed by atoms with Crippen LogP contribution in [0.3, 0.4) is 0 Å². The summed E-state index contributed by atoms with van der Waals surface area (Å²) in [5.74, 6) is 0.540. The summed E-state index contributed by atoms with van der Waals surface area (Å²) < 4.78 is 10.8. The van der Waals surface area contributed by atoms with Crippen LogP contribution >= 0.6 is 35.6 Å². The SMILES string of the molecule is CCOC(=O)C1CCCN(C(=NC)NCC(OC)c2cccc(Cl)c2)C1.I. The first kappa shape index (κ1) is 24.0. The molecule has 6 nitrogen and oxygen atoms in total. The van der Waals surface area contributed by atoms with Gasteiger partial charge in [0.05, 0.1) is 18.6 Å². The molecule has 0 saturated carbocycles. The van der Waals surface area contributed by atoms with Crippen molar-refractivity contribution in [1.82, 2.24) is 10.2 Å². The number of esters is 1. The summed E-state index contributed by atoms with van der Waals surface area (Å²) in [6.45, 7) is 4.29. The van der Waals surface area contributed by atoms with E-state index in [0.29, 0.717) is 24.7 Å². The molecule has 27 heavy (non-hydrogen) atoms. The molecule has 0 aliphatic carbocycles. The quantitative estimate of drug-likeness (QED) is 0.275. The lowest BCUT2D eigenvalue weighted by atomic mass is 9.98. The highest BCUT2D eigenvalue weighted by Gasteiger charge is 2.28. The van der Waals surface area contributed by atoms with Gasteiger partial charge in [0.25, 0.3) is 0 Å². The number of aliphatic imine (C=N–C) groups is 1. The van der Waals surface area contributed by atoms with Crippen LogP contribution in [0.25, 0.3) is 0 Å². The lowest BCUT2D eigenvalue weighted by molar-refractivity contribution is -0.149. The monoisotopic (exact) mass is 509 g/mol. The molecule has 2 rings (SSSR count). The maximum atomic E-state index is 12.0. The Bertz CT molecular complexity index is 630. The molecule has 1 fully saturated rings. The molecule has 8 heteroatoms. The zero-order chi connectivity index (χ0) is 18.9. The first-order chi connectivity index (χ1) is 12.6. The van der Waals surface area contributed by atoms with Crippen molar-refractivity contribution in [3.63, 3.8) is 0 Å². The molecule has 1 aromatic rings. The fraction of sp³-hybridized carbons (Fsp3) is 0.579. The average molecular weight is 510 g/mol. The Morgan fingerprint density at radius 2 is 2.26 bits per heavy atom. The number of ether oxygens (including phenoxy) is 2. The molecule has 1 aliphatic rings. The molecule has 0 amide bonds. The number of nitrogens with zero attached hydrogens (tertiary/aromatic N) is 2. The third-order valence-corrected chi connectivity index (χ3v) is 4.74. The molecular formula is C19H29ClIN3O3. The van der Waals surface area contributed by atoms with Gasteiger partial charge in [0.15, 0.2) is 5.96 Å². The summed E-state index contributed by atoms with van der Waals surface area (Å²) in [6, 6.07) is 7.64. The second-order valence-corrected chi connectivity index (χ2v) is 6.68. The Morgan fingerprint density at radius 3 is 2.89 bits per heavy atom. The van der Waals surface area contributed by atoms with E-state index in [9.17, 15) is 4.79 Å². The lowest BCUT2D eigenvalue weighted by Gasteiger charge is -2.34. The van der Waals surface area contributed by atoms with Gasteiger partial charge in [-0.2, -0.15) is 0 Å². The summed E-state index contributed by atoms with van der Waals surface area (Å²) in [6.07, 6.45) is 1.65. The van der Waals surface area contributed by atoms with Crippen molar-refractivity contribution < 1.29 is 14.3 Å². The number of carbonyl (C=O) groups is 1. The van der Waals surface area contributed by atoms with Gasteiger partial charge in [-0.25, -0.2) is 0 Å². The van der Waals surface area contributed by atoms with E-state index in [1.54, 1.807) is 14.2 Å². The van der Waals surface area contributed by atoms with Gasteiger partial charge in [0, 0.05) is 38.8 Å². The number of hydrogen-bond donors (Lipinski definition) is 1. The van der Waals surface area contributed by atoms with Gasteiger partial charge in [0.1, 0.15) is 0 Å². The van der Waals surface area contributed by atoms with E-state index in [4.69, 9.17) is 21.1 Å². The van der Waals surface area contributed by atoms with E-state index >= 15 is 0 Å². The normalized spacial score (nSPS) is 18.4. The van der Waals surface area contributed by atoms with E-state index in [-0.39, 0.29) is 42.0 Å². The van der Waals surface area contributed by atoms with Crippen LogP contribution in [0.4, 0.5) is 0 Å². The van der Waals surface area contributed by atoms with Gasteiger partial charge in [0.2, 0.25) is 0 Å². The molecule has 1 aliphatic heterocycles. The molecule has 0 bridgehead atoms. The van der Waals surface area contributed by atoms with Gasteiger partial charge in [-0.1, -0.05) is 23.7 Å². The number of rotatable bonds is 6. The van der Waals surface area contributed by atoms with Crippen LogP contribution in [0.2, 0.25) is 5.02 Å². The van der Waals surface area contributed by atoms with Crippen LogP contribution in [0.15, 0.2) is 29.3 Å². The first-order valence-electron chi connectivity index (χ1n) is 8.99. The Labute approximate surface area is 183 Å². The molecule has 0 aromatic heterocycles. The fourth-order valence-electron chi connectivity index (χ4n) is 3.18. The summed E-state index contributed by atoms with van der Waals surface area (Å²) in [4.78, 5) is 18.5. The third kappa shape index (κ3) is 7.12. The van der Waals surface area contributed by atoms with Crippen LogP contribution in [-0.4, -0.2) is 57.2 Å². The van der Waals surface area contributed by atoms with Crippen LogP contribution in [0, 0.1) is 5.92 Å². The number of piperidine rings is 1. The molecule has 152 valence electrons. The maximum absolute atomic E-state index is 12.0. The zero-order valence-corrected chi connectivity index (χ0v) is 19.2. The number of guanidine groups is 1. The minimum Gasteiger partial charge on any atom is -0.466 e. The molecule has 0 spiro atoms. The van der Waals surface area contributed by atoms with Crippen LogP contribution in [0.5, 0.6) is 0 Å². The predicted octanol–water partition coefficient (Wildman–Crippen LogP) is 3.50. The number of methoxy groups -OCH3 is 1. The highest BCUT2D eigenvalue weighted by molar-refractivity contribution is 14.0. The molecule has 2 unspecified atom stereocenters. The highest BCUT2D eigenvalue weighted by atomic mass is 127. The zero-order valence-electron chi connectivity index (χ0n) is 16.1. The summed E-state index contributed by atoms with van der Waals surface area (Å²) >= 11 is 6.08. The van der Waals surface area contributed by atoms with E-state index < -0.39 is 0 Å². The first-order valence-corrected chi connectivity index (χ1v) is 9.37. The number of nitrogens with one attached hydrogen (secondary N) is 1. The van der Waals surface area contributed by atoms with Gasteiger partial charge in [-0.15, -0.1) is 24.0 Å². The van der Waals surface area contributed by atoms with Crippen molar-refractivity contribution in [2.24, 2.45) is 10.9 Å². The van der Waals surface area contributed by atoms with Crippen LogP contribution in [-0.2, 0) is 14.3 Å². The number of hydrogen-bond acceptors (Lipinski definition) is 4. The second-order valence-electron chi connectivity index (χ2n) is 6.24. The van der Waals surface area contributed by atoms with Gasteiger partial charge < -0.3 is 19.7 Å². The minimum atomic E-state index is -0.143. The standard InChI is InChI=1S/C19H28ClN3O3.HI/c1-4-26-18(24)15-8-6-10-23(13-15)19(21-2)22-12-17(25-3)14-7-5-9-16(20)11-14;/h5,7,9,11,15,17H,4,6,8,10,12-13H2,1-3H3,(H,21,22);1H. The fourth-order valence-corrected chi connectivity index (χ4v) is 3.38. The maximum Gasteiger partial charge on any atom is 0.310 e. The Kier molecular flexibility index (Phi) is 11.0. The van der Waals surface area contributed by atoms with Gasteiger partial charge in [-0.3, -0.25) is 9.79 Å². The smallest absolute Gasteiger partial charge is 0.310 e. The van der Waals surface area contributed by atoms with E-state index in [1.165, 1.54) is 0 Å². The molecule has 1 heterocycles. The largest absolute Gasteiger partial charge is 0.466 e. The summed E-state index contributed by atoms with van der Waals surface area (Å²) in [5.41, 5.74) is 1.01. The van der Waals surface area contributed by atoms with Crippen LogP contribution in [0.1, 0.15) is 31.4 Å². The highest BCUT2D eigenvalue weighted by Crippen LogP contribution is 2.21. The van der Waals surface area contributed by atoms with E-state index in [2.05, 4.69) is 15.2 Å². The number of likely N-dealkylation sites (tertiary alicyclic amines) is 1. The van der Waals surface area contributed by atoms with Crippen LogP contribution < -0.4 is 5.32 Å². The van der Waals surface area contributed by atoms with Crippen molar-refractivity contribution in [1.29, 1.82) is 0 Å². The number of halogens is 2. The average Bonchev–Trinajstić information content (AvgIpc) is 2.66. The van der Waals surface area contributed by atoms with E-state index in [0.717, 1.165) is 30.9 Å². The van der Waals surface area contributed by atoms with Gasteiger partial charge >= 0.3 is 5.97 Å². The summed E-state index contributed by atoms with van der Waals surface area (Å²) in [7, 11) is 3.42. The van der Waals surface area contributed by atoms with Crippen molar-refractivity contribution in [2.75, 3.05) is 40.4 Å². The molecule has 2 atom stereocenters. The second kappa shape index (κ2) is 12.4. The molecule has 1 N–H and O–H groups in total. The summed E-state index contributed by atoms with van der Waals surface area (Å²) in [5, 5.41) is 4.04. The van der Waals surface area contributed by atoms with Gasteiger partial charge in [-0.05, 0) is 37.5 Å². The third-order valence-electron chi connectivity index (χ3n) is 4.50. The van der Waals surface area contributed by atoms with Crippen molar-refractivity contribution in [3.8, 4) is 0 Å². The molecular weight excluding hydrogens is 481 g/mol. The predicted molar refractivity (Wildman–Crippen MR) is 119 cm³/mol. The lowest BCUT2D eigenvalue weighted by Crippen LogP contribution is -2.49. The number of carbonyl (C=O) groups excluding carboxylic acids is 1. The Balaban J connectivity index is 0.00000364. The Morgan fingerprint density at radius 1 is 1.48 bits per heavy atom. The van der Waals surface area contributed by atoms with Crippen molar-refractivity contribution in [2.45, 2.75) is 25.9 Å². The minimum absolute atomic E-state index is 0. The van der Waals surface area contributed by atoms with Crippen molar-refractivity contribution in [3.05, 3.63) is 34.9 Å².